The highest BCUT2D eigenvalue weighted by Crippen LogP contribution is 2.26. The van der Waals surface area contributed by atoms with E-state index in [1.807, 2.05) is 19.9 Å². The van der Waals surface area contributed by atoms with Crippen molar-refractivity contribution in [3.05, 3.63) is 64.2 Å². The molecule has 0 aliphatic heterocycles. The Kier molecular flexibility index (Phi) is 4.46. The standard InChI is InChI=1S/C15H16N2O4S/c1-11(2)12-6-5-7-13(10-12)16-22(20,21)15-9-4-3-8-14(15)17(18)19/h3-11,16H,1-2H3. The third-order valence-corrected chi connectivity index (χ3v) is 4.59. The smallest absolute Gasteiger partial charge is 0.279 e. The van der Waals surface area contributed by atoms with Crippen LogP contribution >= 0.6 is 0 Å². The number of nitrogens with zero attached hydrogens (tertiary/aromatic N) is 1. The van der Waals surface area contributed by atoms with Gasteiger partial charge < -0.3 is 0 Å². The van der Waals surface area contributed by atoms with Gasteiger partial charge in [-0.1, -0.05) is 38.1 Å². The van der Waals surface area contributed by atoms with Crippen LogP contribution in [0, 0.1) is 10.1 Å². The van der Waals surface area contributed by atoms with E-state index >= 15 is 0 Å². The van der Waals surface area contributed by atoms with Crippen LogP contribution in [0.4, 0.5) is 11.4 Å². The van der Waals surface area contributed by atoms with Gasteiger partial charge in [-0.3, -0.25) is 14.8 Å². The number of nitrogens with one attached hydrogen (secondary N) is 1. The molecule has 6 nitrogen and oxygen atoms in total. The molecule has 0 radical (unpaired) electrons. The van der Waals surface area contributed by atoms with E-state index in [1.54, 1.807) is 18.2 Å². The van der Waals surface area contributed by atoms with Gasteiger partial charge in [0.25, 0.3) is 15.7 Å². The van der Waals surface area contributed by atoms with Crippen molar-refractivity contribution < 1.29 is 13.3 Å². The summed E-state index contributed by atoms with van der Waals surface area (Å²) in [5.74, 6) is 0.246. The number of nitro benzene ring substituents is 1. The van der Waals surface area contributed by atoms with Crippen LogP contribution in [0.3, 0.4) is 0 Å². The second-order valence-electron chi connectivity index (χ2n) is 5.11. The second-order valence-corrected chi connectivity index (χ2v) is 6.76. The van der Waals surface area contributed by atoms with E-state index < -0.39 is 20.6 Å². The molecule has 0 atom stereocenters. The van der Waals surface area contributed by atoms with Gasteiger partial charge in [-0.15, -0.1) is 0 Å². The van der Waals surface area contributed by atoms with Crippen LogP contribution < -0.4 is 4.72 Å². The van der Waals surface area contributed by atoms with E-state index in [1.165, 1.54) is 24.3 Å². The molecule has 116 valence electrons. The summed E-state index contributed by atoms with van der Waals surface area (Å²) in [6, 6.07) is 12.2. The maximum Gasteiger partial charge on any atom is 0.289 e. The van der Waals surface area contributed by atoms with Crippen molar-refractivity contribution in [2.45, 2.75) is 24.7 Å². The van der Waals surface area contributed by atoms with Crippen molar-refractivity contribution in [1.82, 2.24) is 0 Å². The summed E-state index contributed by atoms with van der Waals surface area (Å²) in [6.45, 7) is 3.99. The highest BCUT2D eigenvalue weighted by molar-refractivity contribution is 7.92. The maximum atomic E-state index is 12.4. The van der Waals surface area contributed by atoms with Crippen LogP contribution in [0.15, 0.2) is 53.4 Å². The van der Waals surface area contributed by atoms with Gasteiger partial charge in [0.15, 0.2) is 4.90 Å². The molecular weight excluding hydrogens is 304 g/mol. The van der Waals surface area contributed by atoms with Crippen molar-refractivity contribution in [1.29, 1.82) is 0 Å². The molecule has 0 spiro atoms. The molecule has 0 unspecified atom stereocenters. The molecule has 0 bridgehead atoms. The Morgan fingerprint density at radius 2 is 1.77 bits per heavy atom. The number of hydrogen-bond donors (Lipinski definition) is 1. The molecule has 2 rings (SSSR count). The van der Waals surface area contributed by atoms with Crippen LogP contribution in [0.2, 0.25) is 0 Å². The molecular formula is C15H16N2O4S. The molecule has 0 amide bonds. The molecule has 22 heavy (non-hydrogen) atoms. The average Bonchev–Trinajstić information content (AvgIpc) is 2.47. The summed E-state index contributed by atoms with van der Waals surface area (Å²) in [5.41, 5.74) is 0.905. The first kappa shape index (κ1) is 16.0. The van der Waals surface area contributed by atoms with Gasteiger partial charge in [0, 0.05) is 11.8 Å². The molecule has 0 heterocycles. The third-order valence-electron chi connectivity index (χ3n) is 3.16. The van der Waals surface area contributed by atoms with Crippen LogP contribution in [-0.2, 0) is 10.0 Å². The summed E-state index contributed by atoms with van der Waals surface area (Å²) in [7, 11) is -4.02. The Balaban J connectivity index is 2.41. The topological polar surface area (TPSA) is 89.3 Å². The Morgan fingerprint density at radius 1 is 1.09 bits per heavy atom. The number of benzene rings is 2. The summed E-state index contributed by atoms with van der Waals surface area (Å²) >= 11 is 0. The number of hydrogen-bond acceptors (Lipinski definition) is 4. The van der Waals surface area contributed by atoms with Crippen LogP contribution in [0.25, 0.3) is 0 Å². The zero-order valence-electron chi connectivity index (χ0n) is 12.2. The van der Waals surface area contributed by atoms with Gasteiger partial charge in [0.1, 0.15) is 0 Å². The minimum atomic E-state index is -4.02. The molecule has 0 saturated carbocycles. The van der Waals surface area contributed by atoms with Gasteiger partial charge in [-0.2, -0.15) is 0 Å². The Labute approximate surface area is 129 Å². The van der Waals surface area contributed by atoms with Crippen molar-refractivity contribution in [2.24, 2.45) is 0 Å². The monoisotopic (exact) mass is 320 g/mol. The molecule has 0 fully saturated rings. The number of nitro groups is 1. The minimum absolute atomic E-state index is 0.246. The first-order valence-electron chi connectivity index (χ1n) is 6.67. The Bertz CT molecular complexity index is 801. The van der Waals surface area contributed by atoms with Crippen molar-refractivity contribution in [3.8, 4) is 0 Å². The number of sulfonamides is 1. The molecule has 1 N–H and O–H groups in total. The van der Waals surface area contributed by atoms with Crippen molar-refractivity contribution >= 4 is 21.4 Å². The molecule has 7 heteroatoms. The zero-order chi connectivity index (χ0) is 16.3. The Hall–Kier alpha value is -2.41. The normalized spacial score (nSPS) is 11.4. The van der Waals surface area contributed by atoms with Crippen LogP contribution in [0.1, 0.15) is 25.3 Å². The molecule has 0 saturated heterocycles. The lowest BCUT2D eigenvalue weighted by molar-refractivity contribution is -0.387. The van der Waals surface area contributed by atoms with Gasteiger partial charge in [-0.25, -0.2) is 8.42 Å². The average molecular weight is 320 g/mol. The quantitative estimate of drug-likeness (QED) is 0.674. The highest BCUT2D eigenvalue weighted by Gasteiger charge is 2.25. The fourth-order valence-electron chi connectivity index (χ4n) is 2.01. The molecule has 0 aromatic heterocycles. The first-order chi connectivity index (χ1) is 10.3. The third kappa shape index (κ3) is 3.43. The van der Waals surface area contributed by atoms with Crippen molar-refractivity contribution in [2.75, 3.05) is 4.72 Å². The first-order valence-corrected chi connectivity index (χ1v) is 8.16. The lowest BCUT2D eigenvalue weighted by Gasteiger charge is -2.11. The second kappa shape index (κ2) is 6.15. The maximum absolute atomic E-state index is 12.4. The van der Waals surface area contributed by atoms with E-state index in [2.05, 4.69) is 4.72 Å². The van der Waals surface area contributed by atoms with Crippen molar-refractivity contribution in [3.63, 3.8) is 0 Å². The summed E-state index contributed by atoms with van der Waals surface area (Å²) in [4.78, 5) is 9.92. The van der Waals surface area contributed by atoms with E-state index in [0.717, 1.165) is 5.56 Å². The zero-order valence-corrected chi connectivity index (χ0v) is 13.0. The van der Waals surface area contributed by atoms with Crippen LogP contribution in [0.5, 0.6) is 0 Å². The van der Waals surface area contributed by atoms with E-state index in [0.29, 0.717) is 5.69 Å². The minimum Gasteiger partial charge on any atom is -0.279 e. The lowest BCUT2D eigenvalue weighted by Crippen LogP contribution is -2.14. The number of rotatable bonds is 5. The molecule has 0 aliphatic carbocycles. The highest BCUT2D eigenvalue weighted by atomic mass is 32.2. The largest absolute Gasteiger partial charge is 0.289 e. The summed E-state index contributed by atoms with van der Waals surface area (Å²) < 4.78 is 27.2. The van der Waals surface area contributed by atoms with Crippen LogP contribution in [-0.4, -0.2) is 13.3 Å². The fourth-order valence-corrected chi connectivity index (χ4v) is 3.23. The van der Waals surface area contributed by atoms with Gasteiger partial charge in [0.05, 0.1) is 4.92 Å². The van der Waals surface area contributed by atoms with E-state index in [4.69, 9.17) is 0 Å². The van der Waals surface area contributed by atoms with E-state index in [-0.39, 0.29) is 10.8 Å². The molecule has 2 aromatic rings. The predicted molar refractivity (Wildman–Crippen MR) is 84.4 cm³/mol. The SMILES string of the molecule is CC(C)c1cccc(NS(=O)(=O)c2ccccc2[N+](=O)[O-])c1. The summed E-state index contributed by atoms with van der Waals surface area (Å²) in [5, 5.41) is 11.0. The van der Waals surface area contributed by atoms with Gasteiger partial charge in [-0.05, 0) is 29.7 Å². The summed E-state index contributed by atoms with van der Waals surface area (Å²) in [6.07, 6.45) is 0. The van der Waals surface area contributed by atoms with Gasteiger partial charge >= 0.3 is 0 Å². The molecule has 0 aliphatic rings. The van der Waals surface area contributed by atoms with Gasteiger partial charge in [0.2, 0.25) is 0 Å². The molecule has 2 aromatic carbocycles. The number of para-hydroxylation sites is 1. The fraction of sp³-hybridized carbons (Fsp3) is 0.200. The van der Waals surface area contributed by atoms with E-state index in [9.17, 15) is 18.5 Å². The number of anilines is 1. The Morgan fingerprint density at radius 3 is 2.41 bits per heavy atom. The predicted octanol–water partition coefficient (Wildman–Crippen LogP) is 3.52. The lowest BCUT2D eigenvalue weighted by atomic mass is 10.0.